The summed E-state index contributed by atoms with van der Waals surface area (Å²) in [5.74, 6) is -0.387. The maximum atomic E-state index is 12.3. The summed E-state index contributed by atoms with van der Waals surface area (Å²) >= 11 is 0. The molecule has 0 radical (unpaired) electrons. The Morgan fingerprint density at radius 3 is 2.63 bits per heavy atom. The Bertz CT molecular complexity index is 857. The van der Waals surface area contributed by atoms with Crippen molar-refractivity contribution in [3.8, 4) is 11.3 Å². The van der Waals surface area contributed by atoms with Crippen LogP contribution in [0.15, 0.2) is 41.5 Å². The molecule has 2 aromatic heterocycles. The fraction of sp³-hybridized carbons (Fsp3) is 0.421. The van der Waals surface area contributed by atoms with Gasteiger partial charge >= 0.3 is 0 Å². The molecular formula is C19H23N5O3. The molecule has 0 unspecified atom stereocenters. The topological polar surface area (TPSA) is 111 Å². The molecule has 2 aromatic rings. The van der Waals surface area contributed by atoms with Crippen LogP contribution in [-0.2, 0) is 16.1 Å². The van der Waals surface area contributed by atoms with E-state index < -0.39 is 0 Å². The quantitative estimate of drug-likeness (QED) is 0.810. The highest BCUT2D eigenvalue weighted by molar-refractivity contribution is 5.78. The molecule has 0 aromatic carbocycles. The van der Waals surface area contributed by atoms with Gasteiger partial charge in [-0.15, -0.1) is 0 Å². The van der Waals surface area contributed by atoms with Gasteiger partial charge in [-0.25, -0.2) is 4.68 Å². The minimum atomic E-state index is -0.291. The van der Waals surface area contributed by atoms with Gasteiger partial charge in [-0.2, -0.15) is 5.10 Å². The summed E-state index contributed by atoms with van der Waals surface area (Å²) < 4.78 is 1.38. The summed E-state index contributed by atoms with van der Waals surface area (Å²) in [4.78, 5) is 41.4. The molecule has 2 N–H and O–H groups in total. The van der Waals surface area contributed by atoms with Gasteiger partial charge in [0.1, 0.15) is 0 Å². The number of carbonyl (C=O) groups is 2. The van der Waals surface area contributed by atoms with Crippen LogP contribution < -0.4 is 11.3 Å². The van der Waals surface area contributed by atoms with Crippen LogP contribution in [0.3, 0.4) is 0 Å². The first-order chi connectivity index (χ1) is 13.0. The van der Waals surface area contributed by atoms with Crippen molar-refractivity contribution in [1.82, 2.24) is 19.7 Å². The number of piperidine rings is 1. The monoisotopic (exact) mass is 369 g/mol. The zero-order valence-corrected chi connectivity index (χ0v) is 15.1. The molecular weight excluding hydrogens is 346 g/mol. The Morgan fingerprint density at radius 1 is 1.19 bits per heavy atom. The Morgan fingerprint density at radius 2 is 1.96 bits per heavy atom. The Balaban J connectivity index is 1.54. The number of hydrogen-bond donors (Lipinski definition) is 1. The highest BCUT2D eigenvalue weighted by Gasteiger charge is 2.25. The van der Waals surface area contributed by atoms with E-state index in [0.717, 1.165) is 5.56 Å². The van der Waals surface area contributed by atoms with Crippen molar-refractivity contribution in [2.75, 3.05) is 13.1 Å². The van der Waals surface area contributed by atoms with Gasteiger partial charge in [-0.3, -0.25) is 19.4 Å². The number of nitrogens with two attached hydrogens (primary N) is 1. The molecule has 8 nitrogen and oxygen atoms in total. The standard InChI is InChI=1S/C19H23N5O3/c20-19(27)14-7-11-23(12-8-14)17(25)4-2-10-24-18(26)6-5-16(22-24)15-3-1-9-21-13-15/h1,3,5-6,9,13-14H,2,4,7-8,10-12H2,(H2,20,27). The molecule has 142 valence electrons. The molecule has 0 aliphatic carbocycles. The molecule has 3 rings (SSSR count). The second kappa shape index (κ2) is 8.57. The van der Waals surface area contributed by atoms with Crippen LogP contribution in [0.25, 0.3) is 11.3 Å². The lowest BCUT2D eigenvalue weighted by Crippen LogP contribution is -2.41. The van der Waals surface area contributed by atoms with Crippen molar-refractivity contribution >= 4 is 11.8 Å². The molecule has 2 amide bonds. The van der Waals surface area contributed by atoms with Gasteiger partial charge in [0.25, 0.3) is 5.56 Å². The first-order valence-corrected chi connectivity index (χ1v) is 9.10. The second-order valence-corrected chi connectivity index (χ2v) is 6.68. The van der Waals surface area contributed by atoms with Crippen molar-refractivity contribution in [2.45, 2.75) is 32.2 Å². The first kappa shape index (κ1) is 18.8. The SMILES string of the molecule is NC(=O)C1CCN(C(=O)CCCn2nc(-c3cccnc3)ccc2=O)CC1. The fourth-order valence-electron chi connectivity index (χ4n) is 3.23. The predicted molar refractivity (Wildman–Crippen MR) is 99.5 cm³/mol. The van der Waals surface area contributed by atoms with Crippen LogP contribution in [0.1, 0.15) is 25.7 Å². The van der Waals surface area contributed by atoms with Gasteiger partial charge in [-0.05, 0) is 37.5 Å². The van der Waals surface area contributed by atoms with Gasteiger partial charge in [0.05, 0.1) is 5.69 Å². The summed E-state index contributed by atoms with van der Waals surface area (Å²) in [6.07, 6.45) is 5.47. The average Bonchev–Trinajstić information content (AvgIpc) is 2.70. The van der Waals surface area contributed by atoms with Crippen LogP contribution in [0, 0.1) is 5.92 Å². The minimum Gasteiger partial charge on any atom is -0.369 e. The zero-order chi connectivity index (χ0) is 19.2. The largest absolute Gasteiger partial charge is 0.369 e. The molecule has 3 heterocycles. The zero-order valence-electron chi connectivity index (χ0n) is 15.1. The number of aromatic nitrogens is 3. The highest BCUT2D eigenvalue weighted by atomic mass is 16.2. The van der Waals surface area contributed by atoms with Gasteiger partial charge in [0.15, 0.2) is 0 Å². The maximum Gasteiger partial charge on any atom is 0.266 e. The molecule has 0 bridgehead atoms. The van der Waals surface area contributed by atoms with E-state index in [1.807, 2.05) is 12.1 Å². The number of rotatable bonds is 6. The van der Waals surface area contributed by atoms with E-state index in [4.69, 9.17) is 5.73 Å². The number of carbonyl (C=O) groups excluding carboxylic acids is 2. The van der Waals surface area contributed by atoms with Crippen LogP contribution >= 0.6 is 0 Å². The van der Waals surface area contributed by atoms with Gasteiger partial charge in [0.2, 0.25) is 11.8 Å². The average molecular weight is 369 g/mol. The molecule has 27 heavy (non-hydrogen) atoms. The highest BCUT2D eigenvalue weighted by Crippen LogP contribution is 2.18. The molecule has 1 aliphatic rings. The van der Waals surface area contributed by atoms with E-state index in [0.29, 0.717) is 51.0 Å². The molecule has 1 saturated heterocycles. The number of likely N-dealkylation sites (tertiary alicyclic amines) is 1. The summed E-state index contributed by atoms with van der Waals surface area (Å²) in [5, 5.41) is 4.37. The Labute approximate surface area is 157 Å². The van der Waals surface area contributed by atoms with Crippen molar-refractivity contribution in [1.29, 1.82) is 0 Å². The van der Waals surface area contributed by atoms with Crippen LogP contribution in [0.5, 0.6) is 0 Å². The number of hydrogen-bond acceptors (Lipinski definition) is 5. The third-order valence-corrected chi connectivity index (χ3v) is 4.83. The van der Waals surface area contributed by atoms with E-state index in [9.17, 15) is 14.4 Å². The smallest absolute Gasteiger partial charge is 0.266 e. The lowest BCUT2D eigenvalue weighted by Gasteiger charge is -2.30. The summed E-state index contributed by atoms with van der Waals surface area (Å²) in [6, 6.07) is 6.84. The van der Waals surface area contributed by atoms with Gasteiger partial charge < -0.3 is 10.6 Å². The first-order valence-electron chi connectivity index (χ1n) is 9.10. The summed E-state index contributed by atoms with van der Waals surface area (Å²) in [5.41, 5.74) is 6.62. The van der Waals surface area contributed by atoms with E-state index >= 15 is 0 Å². The third kappa shape index (κ3) is 4.78. The van der Waals surface area contributed by atoms with Crippen LogP contribution in [0.2, 0.25) is 0 Å². The molecule has 0 saturated carbocycles. The molecule has 1 fully saturated rings. The Kier molecular flexibility index (Phi) is 5.95. The van der Waals surface area contributed by atoms with Crippen LogP contribution in [0.4, 0.5) is 0 Å². The second-order valence-electron chi connectivity index (χ2n) is 6.68. The normalized spacial score (nSPS) is 14.9. The molecule has 1 aliphatic heterocycles. The predicted octanol–water partition coefficient (Wildman–Crippen LogP) is 0.809. The fourth-order valence-corrected chi connectivity index (χ4v) is 3.23. The van der Waals surface area contributed by atoms with Crippen molar-refractivity contribution < 1.29 is 9.59 Å². The maximum absolute atomic E-state index is 12.3. The summed E-state index contributed by atoms with van der Waals surface area (Å²) in [6.45, 7) is 1.48. The summed E-state index contributed by atoms with van der Waals surface area (Å²) in [7, 11) is 0. The van der Waals surface area contributed by atoms with Gasteiger partial charge in [-0.1, -0.05) is 0 Å². The third-order valence-electron chi connectivity index (χ3n) is 4.83. The minimum absolute atomic E-state index is 0.0365. The molecule has 0 atom stereocenters. The van der Waals surface area contributed by atoms with Crippen LogP contribution in [-0.4, -0.2) is 44.6 Å². The van der Waals surface area contributed by atoms with Crippen molar-refractivity contribution in [2.24, 2.45) is 11.7 Å². The number of nitrogens with zero attached hydrogens (tertiary/aromatic N) is 4. The molecule has 0 spiro atoms. The number of primary amides is 1. The van der Waals surface area contributed by atoms with Gasteiger partial charge in [0, 0.05) is 56.0 Å². The van der Waals surface area contributed by atoms with Crippen molar-refractivity contribution in [3.05, 3.63) is 47.0 Å². The van der Waals surface area contributed by atoms with E-state index in [-0.39, 0.29) is 23.3 Å². The van der Waals surface area contributed by atoms with Crippen molar-refractivity contribution in [3.63, 3.8) is 0 Å². The lowest BCUT2D eigenvalue weighted by molar-refractivity contribution is -0.135. The molecule has 8 heteroatoms. The number of pyridine rings is 1. The van der Waals surface area contributed by atoms with E-state index in [1.54, 1.807) is 23.4 Å². The van der Waals surface area contributed by atoms with E-state index in [2.05, 4.69) is 10.1 Å². The van der Waals surface area contributed by atoms with E-state index in [1.165, 1.54) is 10.7 Å². The number of amides is 2. The lowest BCUT2D eigenvalue weighted by atomic mass is 9.96. The number of aryl methyl sites for hydroxylation is 1. The Hall–Kier alpha value is -3.03.